The van der Waals surface area contributed by atoms with Gasteiger partial charge in [0.1, 0.15) is 0 Å². The summed E-state index contributed by atoms with van der Waals surface area (Å²) in [5, 5.41) is 0. The summed E-state index contributed by atoms with van der Waals surface area (Å²) in [6.07, 6.45) is 9.77. The summed E-state index contributed by atoms with van der Waals surface area (Å²) in [7, 11) is 0. The van der Waals surface area contributed by atoms with Crippen molar-refractivity contribution in [3.63, 3.8) is 0 Å². The summed E-state index contributed by atoms with van der Waals surface area (Å²) in [6.45, 7) is 12.4. The van der Waals surface area contributed by atoms with Crippen molar-refractivity contribution in [2.45, 2.75) is 51.8 Å². The Hall–Kier alpha value is -2.69. The second-order valence-electron chi connectivity index (χ2n) is 15.9. The minimum atomic E-state index is -5.28. The van der Waals surface area contributed by atoms with Gasteiger partial charge in [0.2, 0.25) is 0 Å². The van der Waals surface area contributed by atoms with Gasteiger partial charge in [0.15, 0.2) is 0 Å². The van der Waals surface area contributed by atoms with Gasteiger partial charge < -0.3 is 0 Å². The van der Waals surface area contributed by atoms with Crippen molar-refractivity contribution >= 4 is 19.1 Å². The summed E-state index contributed by atoms with van der Waals surface area (Å²) in [5.74, 6) is -0.427. The van der Waals surface area contributed by atoms with E-state index in [9.17, 15) is 8.78 Å². The monoisotopic (exact) mass is 744 g/mol. The topological polar surface area (TPSA) is 0 Å². The zero-order valence-corrected chi connectivity index (χ0v) is 30.7. The van der Waals surface area contributed by atoms with Crippen LogP contribution in [0.4, 0.5) is 8.78 Å². The molecule has 0 amide bonds. The van der Waals surface area contributed by atoms with Crippen molar-refractivity contribution in [1.82, 2.24) is 0 Å². The molecule has 2 aliphatic carbocycles. The van der Waals surface area contributed by atoms with E-state index in [0.29, 0.717) is 7.35 Å². The van der Waals surface area contributed by atoms with E-state index in [1.807, 2.05) is 24.3 Å². The molecule has 2 atom stereocenters. The second-order valence-corrected chi connectivity index (χ2v) is 92.0. The Bertz CT molecular complexity index is 1800. The number of hydrogen-bond acceptors (Lipinski definition) is 0. The predicted molar refractivity (Wildman–Crippen MR) is 178 cm³/mol. The molecular weight excluding hydrogens is 701 g/mol. The van der Waals surface area contributed by atoms with E-state index in [-0.39, 0.29) is 19.0 Å². The first-order chi connectivity index (χ1) is 19.7. The van der Waals surface area contributed by atoms with Crippen LogP contribution in [0.2, 0.25) is 16.7 Å². The Morgan fingerprint density at radius 2 is 0.929 bits per heavy atom. The SMILES string of the molecule is C[CH](C)[Hf]([CH3])([CH3])(=[SiH2])([CH](C)C)([CH]1C=Cc2c(-c3ccc(F)cc3)cccc21)[CH]1C=Cc2c(-c3ccc(F)cc3)cccc21. The summed E-state index contributed by atoms with van der Waals surface area (Å²) in [5.41, 5.74) is 9.76. The first-order valence-corrected chi connectivity index (χ1v) is 39.1. The van der Waals surface area contributed by atoms with Crippen LogP contribution in [0.15, 0.2) is 97.1 Å². The molecule has 4 aromatic rings. The van der Waals surface area contributed by atoms with Gasteiger partial charge in [-0.1, -0.05) is 0 Å². The van der Waals surface area contributed by atoms with Gasteiger partial charge in [0, 0.05) is 0 Å². The molecule has 216 valence electrons. The van der Waals surface area contributed by atoms with E-state index in [4.69, 9.17) is 0 Å². The average molecular weight is 743 g/mol. The fourth-order valence-electron chi connectivity index (χ4n) is 8.97. The van der Waals surface area contributed by atoms with Crippen LogP contribution in [0, 0.1) is 11.6 Å². The van der Waals surface area contributed by atoms with Crippen LogP contribution in [0.3, 0.4) is 0 Å². The molecule has 0 N–H and O–H groups in total. The number of allylic oxidation sites excluding steroid dienone is 2. The maximum absolute atomic E-state index is 13.8. The van der Waals surface area contributed by atoms with E-state index in [2.05, 4.69) is 105 Å². The van der Waals surface area contributed by atoms with Crippen LogP contribution in [-0.4, -0.2) is 6.94 Å². The van der Waals surface area contributed by atoms with Crippen LogP contribution >= 0.6 is 0 Å². The Balaban J connectivity index is 1.63. The van der Waals surface area contributed by atoms with Crippen molar-refractivity contribution in [1.29, 1.82) is 0 Å². The quantitative estimate of drug-likeness (QED) is 0.173. The predicted octanol–water partition coefficient (Wildman–Crippen LogP) is 11.2. The van der Waals surface area contributed by atoms with E-state index >= 15 is 0 Å². The van der Waals surface area contributed by atoms with Gasteiger partial charge in [-0.3, -0.25) is 0 Å². The molecule has 42 heavy (non-hydrogen) atoms. The van der Waals surface area contributed by atoms with Crippen molar-refractivity contribution in [2.75, 3.05) is 0 Å². The normalized spacial score (nSPS) is 20.2. The molecule has 0 saturated carbocycles. The van der Waals surface area contributed by atoms with Gasteiger partial charge in [-0.2, -0.15) is 0 Å². The molecule has 0 heterocycles. The van der Waals surface area contributed by atoms with Crippen LogP contribution in [0.25, 0.3) is 34.4 Å². The molecule has 6 rings (SSSR count). The third-order valence-electron chi connectivity index (χ3n) is 14.1. The molecule has 2 unspecified atom stereocenters. The number of fused-ring (bicyclic) bond motifs is 2. The summed E-state index contributed by atoms with van der Waals surface area (Å²) in [4.78, 5) is 0. The Kier molecular flexibility index (Phi) is 6.08. The molecule has 0 saturated heterocycles. The molecule has 4 heteroatoms. The van der Waals surface area contributed by atoms with Crippen LogP contribution < -0.4 is 0 Å². The second kappa shape index (κ2) is 8.69. The van der Waals surface area contributed by atoms with Gasteiger partial charge in [0.25, 0.3) is 0 Å². The zero-order chi connectivity index (χ0) is 30.2. The summed E-state index contributed by atoms with van der Waals surface area (Å²) in [6, 6.07) is 27.2. The number of rotatable bonds is 6. The zero-order valence-electron chi connectivity index (χ0n) is 25.7. The van der Waals surface area contributed by atoms with Crippen LogP contribution in [-0.2, 0) is 14.2 Å². The molecule has 0 nitrogen and oxygen atoms in total. The Morgan fingerprint density at radius 3 is 1.26 bits per heavy atom. The molecule has 0 bridgehead atoms. The molecule has 4 aromatic carbocycles. The van der Waals surface area contributed by atoms with Crippen LogP contribution in [0.5, 0.6) is 0 Å². The van der Waals surface area contributed by atoms with Crippen LogP contribution in [0.1, 0.15) is 57.3 Å². The van der Waals surface area contributed by atoms with Crippen molar-refractivity contribution in [3.05, 3.63) is 131 Å². The summed E-state index contributed by atoms with van der Waals surface area (Å²) >= 11 is -5.28. The number of halogens is 2. The van der Waals surface area contributed by atoms with E-state index in [0.717, 1.165) is 22.3 Å². The van der Waals surface area contributed by atoms with Gasteiger partial charge >= 0.3 is 247 Å². The Labute approximate surface area is 245 Å². The Morgan fingerprint density at radius 1 is 0.571 bits per heavy atom. The van der Waals surface area contributed by atoms with E-state index < -0.39 is 14.2 Å². The first kappa shape index (κ1) is 29.4. The van der Waals surface area contributed by atoms with Crippen molar-refractivity contribution in [3.8, 4) is 22.3 Å². The van der Waals surface area contributed by atoms with Crippen molar-refractivity contribution in [2.24, 2.45) is 0 Å². The molecule has 2 aliphatic rings. The third-order valence-corrected chi connectivity index (χ3v) is 94.9. The third kappa shape index (κ3) is 3.45. The summed E-state index contributed by atoms with van der Waals surface area (Å²) < 4.78 is 34.7. The van der Waals surface area contributed by atoms with E-state index in [1.54, 1.807) is 24.3 Å². The van der Waals surface area contributed by atoms with Gasteiger partial charge in [-0.15, -0.1) is 0 Å². The molecule has 0 radical (unpaired) electrons. The molecular formula is C38H42F2HfSi. The van der Waals surface area contributed by atoms with Crippen molar-refractivity contribution < 1.29 is 23.0 Å². The molecule has 0 aromatic heterocycles. The van der Waals surface area contributed by atoms with Gasteiger partial charge in [-0.25, -0.2) is 0 Å². The molecule has 0 spiro atoms. The standard InChI is InChI=1S/2C15H10F.2C3H7.2CH3.Hf.H2Si/c2*16-13-9-7-12(8-10-13)15-6-2-4-11-3-1-5-14(11)15;2*1-3-2;;;;/h2*1-10H;2*3H,1-2H3;2*1H3;;1H2. The fraction of sp³-hybridized carbons (Fsp3) is 0.263. The number of hydrogen-bond donors (Lipinski definition) is 0. The average Bonchev–Trinajstić information content (AvgIpc) is 3.61. The fourth-order valence-corrected chi connectivity index (χ4v) is 49.9. The van der Waals surface area contributed by atoms with E-state index in [1.165, 1.54) is 22.3 Å². The van der Waals surface area contributed by atoms with Gasteiger partial charge in [-0.05, 0) is 0 Å². The first-order valence-electron chi connectivity index (χ1n) is 15.3. The maximum atomic E-state index is 13.8. The van der Waals surface area contributed by atoms with Gasteiger partial charge in [0.05, 0.1) is 0 Å². The minimum absolute atomic E-state index is 0.214. The molecule has 0 fully saturated rings. The molecule has 0 aliphatic heterocycles. The number of benzene rings is 4.